The summed E-state index contributed by atoms with van der Waals surface area (Å²) in [6.45, 7) is 7.30. The lowest BCUT2D eigenvalue weighted by atomic mass is 10.1. The van der Waals surface area contributed by atoms with Crippen LogP contribution in [0.4, 0.5) is 0 Å². The summed E-state index contributed by atoms with van der Waals surface area (Å²) in [7, 11) is 4.18. The van der Waals surface area contributed by atoms with Crippen LogP contribution >= 0.6 is 0 Å². The topological polar surface area (TPSA) is 50.3 Å². The average molecular weight is 251 g/mol. The van der Waals surface area contributed by atoms with E-state index >= 15 is 0 Å². The molecule has 5 heteroatoms. The van der Waals surface area contributed by atoms with E-state index < -0.39 is 0 Å². The minimum absolute atomic E-state index is 0.310. The molecule has 0 radical (unpaired) electrons. The molecule has 1 atom stereocenters. The molecule has 1 aliphatic heterocycles. The third kappa shape index (κ3) is 2.74. The quantitative estimate of drug-likeness (QED) is 0.843. The molecule has 0 amide bonds. The van der Waals surface area contributed by atoms with E-state index in [9.17, 15) is 0 Å². The van der Waals surface area contributed by atoms with E-state index in [0.717, 1.165) is 19.6 Å². The smallest absolute Gasteiger partial charge is 0.0540 e. The second kappa shape index (κ2) is 5.82. The highest BCUT2D eigenvalue weighted by atomic mass is 15.3. The maximum absolute atomic E-state index is 6.01. The standard InChI is InChI=1S/C13H25N5/c1-11-12(10-15-17(11)3)13(9-14)18-6-4-5-16(2)7-8-18/h10,13H,4-9,14H2,1-3H3. The summed E-state index contributed by atoms with van der Waals surface area (Å²) in [5.41, 5.74) is 8.51. The molecule has 0 spiro atoms. The van der Waals surface area contributed by atoms with E-state index in [-0.39, 0.29) is 0 Å². The maximum atomic E-state index is 6.01. The molecule has 1 aliphatic rings. The summed E-state index contributed by atoms with van der Waals surface area (Å²) in [5.74, 6) is 0. The molecule has 1 aromatic rings. The monoisotopic (exact) mass is 251 g/mol. The van der Waals surface area contributed by atoms with Gasteiger partial charge < -0.3 is 10.6 Å². The number of aromatic nitrogens is 2. The van der Waals surface area contributed by atoms with Crippen LogP contribution in [0.5, 0.6) is 0 Å². The maximum Gasteiger partial charge on any atom is 0.0540 e. The molecular weight excluding hydrogens is 226 g/mol. The number of hydrogen-bond acceptors (Lipinski definition) is 4. The zero-order valence-electron chi connectivity index (χ0n) is 11.8. The van der Waals surface area contributed by atoms with Crippen LogP contribution in [0, 0.1) is 6.92 Å². The largest absolute Gasteiger partial charge is 0.329 e. The second-order valence-electron chi connectivity index (χ2n) is 5.25. The van der Waals surface area contributed by atoms with Crippen molar-refractivity contribution in [3.8, 4) is 0 Å². The van der Waals surface area contributed by atoms with Gasteiger partial charge in [0.25, 0.3) is 0 Å². The summed E-state index contributed by atoms with van der Waals surface area (Å²) in [5, 5.41) is 4.34. The van der Waals surface area contributed by atoms with Crippen LogP contribution in [0.3, 0.4) is 0 Å². The Kier molecular flexibility index (Phi) is 4.37. The Bertz CT molecular complexity index is 387. The average Bonchev–Trinajstić information content (AvgIpc) is 2.56. The molecule has 0 aromatic carbocycles. The summed E-state index contributed by atoms with van der Waals surface area (Å²) in [4.78, 5) is 4.90. The minimum atomic E-state index is 0.310. The van der Waals surface area contributed by atoms with Crippen LogP contribution < -0.4 is 5.73 Å². The predicted octanol–water partition coefficient (Wildman–Crippen LogP) is 0.366. The fourth-order valence-corrected chi connectivity index (χ4v) is 2.69. The van der Waals surface area contributed by atoms with Crippen LogP contribution in [0.25, 0.3) is 0 Å². The van der Waals surface area contributed by atoms with E-state index in [4.69, 9.17) is 5.73 Å². The van der Waals surface area contributed by atoms with Gasteiger partial charge in [0.15, 0.2) is 0 Å². The van der Waals surface area contributed by atoms with Crippen molar-refractivity contribution in [3.63, 3.8) is 0 Å². The van der Waals surface area contributed by atoms with Crippen LogP contribution in [-0.2, 0) is 7.05 Å². The number of hydrogen-bond donors (Lipinski definition) is 1. The SMILES string of the molecule is Cc1c(C(CN)N2CCCN(C)CC2)cnn1C. The van der Waals surface area contributed by atoms with Crippen LogP contribution in [0.2, 0.25) is 0 Å². The van der Waals surface area contributed by atoms with Gasteiger partial charge in [0.05, 0.1) is 12.2 Å². The molecule has 0 aliphatic carbocycles. The van der Waals surface area contributed by atoms with Gasteiger partial charge in [-0.3, -0.25) is 9.58 Å². The van der Waals surface area contributed by atoms with Crippen molar-refractivity contribution in [1.29, 1.82) is 0 Å². The Morgan fingerprint density at radius 3 is 2.67 bits per heavy atom. The van der Waals surface area contributed by atoms with Gasteiger partial charge in [-0.15, -0.1) is 0 Å². The fraction of sp³-hybridized carbons (Fsp3) is 0.769. The van der Waals surface area contributed by atoms with Gasteiger partial charge >= 0.3 is 0 Å². The van der Waals surface area contributed by atoms with Crippen molar-refractivity contribution in [3.05, 3.63) is 17.5 Å². The van der Waals surface area contributed by atoms with Gasteiger partial charge in [0.2, 0.25) is 0 Å². The first kappa shape index (κ1) is 13.5. The molecule has 1 fully saturated rings. The van der Waals surface area contributed by atoms with E-state index in [1.54, 1.807) is 0 Å². The molecule has 2 heterocycles. The predicted molar refractivity (Wildman–Crippen MR) is 73.4 cm³/mol. The molecule has 0 bridgehead atoms. The highest BCUT2D eigenvalue weighted by Gasteiger charge is 2.24. The number of rotatable bonds is 3. The first-order valence-corrected chi connectivity index (χ1v) is 6.74. The molecule has 1 unspecified atom stereocenters. The molecule has 2 N–H and O–H groups in total. The summed E-state index contributed by atoms with van der Waals surface area (Å²) in [6, 6.07) is 0.310. The highest BCUT2D eigenvalue weighted by Crippen LogP contribution is 2.23. The van der Waals surface area contributed by atoms with Crippen LogP contribution in [0.15, 0.2) is 6.20 Å². The highest BCUT2D eigenvalue weighted by molar-refractivity contribution is 5.21. The Hall–Kier alpha value is -0.910. The zero-order chi connectivity index (χ0) is 13.1. The van der Waals surface area contributed by atoms with Gasteiger partial charge in [-0.2, -0.15) is 5.10 Å². The van der Waals surface area contributed by atoms with Crippen molar-refractivity contribution in [2.24, 2.45) is 12.8 Å². The van der Waals surface area contributed by atoms with E-state index in [2.05, 4.69) is 28.9 Å². The lowest BCUT2D eigenvalue weighted by Gasteiger charge is -2.29. The summed E-state index contributed by atoms with van der Waals surface area (Å²) in [6.07, 6.45) is 3.19. The van der Waals surface area contributed by atoms with Gasteiger partial charge in [0.1, 0.15) is 0 Å². The second-order valence-corrected chi connectivity index (χ2v) is 5.25. The molecule has 0 saturated carbocycles. The van der Waals surface area contributed by atoms with Crippen LogP contribution in [-0.4, -0.2) is 59.4 Å². The lowest BCUT2D eigenvalue weighted by molar-refractivity contribution is 0.207. The van der Waals surface area contributed by atoms with Crippen molar-refractivity contribution >= 4 is 0 Å². The van der Waals surface area contributed by atoms with Crippen molar-refractivity contribution in [1.82, 2.24) is 19.6 Å². The number of nitrogens with zero attached hydrogens (tertiary/aromatic N) is 4. The summed E-state index contributed by atoms with van der Waals surface area (Å²) >= 11 is 0. The molecule has 1 aromatic heterocycles. The van der Waals surface area contributed by atoms with E-state index in [1.807, 2.05) is 17.9 Å². The molecule has 1 saturated heterocycles. The Labute approximate surface area is 110 Å². The van der Waals surface area contributed by atoms with Gasteiger partial charge in [0, 0.05) is 44.5 Å². The first-order valence-electron chi connectivity index (χ1n) is 6.74. The normalized spacial score (nSPS) is 20.9. The fourth-order valence-electron chi connectivity index (χ4n) is 2.69. The Morgan fingerprint density at radius 1 is 1.28 bits per heavy atom. The first-order chi connectivity index (χ1) is 8.63. The number of likely N-dealkylation sites (N-methyl/N-ethyl adjacent to an activating group) is 1. The Morgan fingerprint density at radius 2 is 2.06 bits per heavy atom. The van der Waals surface area contributed by atoms with Crippen molar-refractivity contribution < 1.29 is 0 Å². The van der Waals surface area contributed by atoms with Crippen LogP contribution in [0.1, 0.15) is 23.7 Å². The van der Waals surface area contributed by atoms with Gasteiger partial charge in [-0.05, 0) is 26.9 Å². The summed E-state index contributed by atoms with van der Waals surface area (Å²) < 4.78 is 1.93. The van der Waals surface area contributed by atoms with Crippen molar-refractivity contribution in [2.75, 3.05) is 39.8 Å². The molecule has 102 valence electrons. The molecular formula is C13H25N5. The third-order valence-corrected chi connectivity index (χ3v) is 4.05. The van der Waals surface area contributed by atoms with Gasteiger partial charge in [-0.1, -0.05) is 0 Å². The molecule has 5 nitrogen and oxygen atoms in total. The Balaban J connectivity index is 2.15. The van der Waals surface area contributed by atoms with E-state index in [1.165, 1.54) is 24.2 Å². The lowest BCUT2D eigenvalue weighted by Crippen LogP contribution is -2.36. The van der Waals surface area contributed by atoms with Gasteiger partial charge in [-0.25, -0.2) is 0 Å². The van der Waals surface area contributed by atoms with Crippen molar-refractivity contribution in [2.45, 2.75) is 19.4 Å². The third-order valence-electron chi connectivity index (χ3n) is 4.05. The molecule has 2 rings (SSSR count). The van der Waals surface area contributed by atoms with E-state index in [0.29, 0.717) is 12.6 Å². The molecule has 18 heavy (non-hydrogen) atoms. The zero-order valence-corrected chi connectivity index (χ0v) is 11.8. The minimum Gasteiger partial charge on any atom is -0.329 e. The number of nitrogens with two attached hydrogens (primary N) is 1. The number of aryl methyl sites for hydroxylation is 1.